The molecule has 0 spiro atoms. The predicted octanol–water partition coefficient (Wildman–Crippen LogP) is 5.08. The molecule has 0 saturated heterocycles. The number of halogens is 2. The molecule has 1 N–H and O–H groups in total. The second kappa shape index (κ2) is 6.27. The fourth-order valence-electron chi connectivity index (χ4n) is 1.94. The van der Waals surface area contributed by atoms with E-state index in [0.29, 0.717) is 5.56 Å². The van der Waals surface area contributed by atoms with E-state index in [4.69, 9.17) is 4.74 Å². The van der Waals surface area contributed by atoms with E-state index in [1.807, 2.05) is 31.2 Å². The lowest BCUT2D eigenvalue weighted by molar-refractivity contribution is 0.415. The van der Waals surface area contributed by atoms with Crippen LogP contribution in [0.1, 0.15) is 24.1 Å². The number of hydrogen-bond donors (Lipinski definition) is 1. The Balaban J connectivity index is 2.22. The van der Waals surface area contributed by atoms with E-state index in [9.17, 15) is 4.39 Å². The molecule has 4 heteroatoms. The molecule has 2 aromatic carbocycles. The van der Waals surface area contributed by atoms with Gasteiger partial charge < -0.3 is 10.1 Å². The summed E-state index contributed by atoms with van der Waals surface area (Å²) in [6, 6.07) is 11.0. The van der Waals surface area contributed by atoms with Gasteiger partial charge in [0.05, 0.1) is 12.8 Å². The largest absolute Gasteiger partial charge is 0.497 e. The van der Waals surface area contributed by atoms with Crippen molar-refractivity contribution in [2.75, 3.05) is 12.4 Å². The Hall–Kier alpha value is -1.55. The maximum Gasteiger partial charge on any atom is 0.126 e. The first-order chi connectivity index (χ1) is 9.51. The van der Waals surface area contributed by atoms with Crippen LogP contribution in [-0.2, 0) is 0 Å². The van der Waals surface area contributed by atoms with Crippen molar-refractivity contribution in [3.05, 3.63) is 57.8 Å². The number of aryl methyl sites for hydroxylation is 1. The van der Waals surface area contributed by atoms with E-state index in [0.717, 1.165) is 21.5 Å². The van der Waals surface area contributed by atoms with Gasteiger partial charge in [-0.1, -0.05) is 12.1 Å². The molecule has 1 unspecified atom stereocenters. The molecule has 0 aromatic heterocycles. The average Bonchev–Trinajstić information content (AvgIpc) is 2.44. The van der Waals surface area contributed by atoms with Crippen LogP contribution in [0, 0.1) is 12.7 Å². The Bertz CT molecular complexity index is 615. The first-order valence-electron chi connectivity index (χ1n) is 6.37. The van der Waals surface area contributed by atoms with Crippen LogP contribution in [-0.4, -0.2) is 7.11 Å². The third-order valence-electron chi connectivity index (χ3n) is 3.24. The number of nitrogens with one attached hydrogen (secondary N) is 1. The molecule has 0 heterocycles. The molecule has 0 radical (unpaired) electrons. The number of rotatable bonds is 4. The zero-order chi connectivity index (χ0) is 14.7. The van der Waals surface area contributed by atoms with Crippen molar-refractivity contribution in [2.24, 2.45) is 0 Å². The highest BCUT2D eigenvalue weighted by atomic mass is 79.9. The molecule has 2 aromatic rings. The maximum atomic E-state index is 13.6. The average molecular weight is 338 g/mol. The van der Waals surface area contributed by atoms with Crippen molar-refractivity contribution in [2.45, 2.75) is 19.9 Å². The molecular formula is C16H17BrFNO. The Labute approximate surface area is 127 Å². The minimum atomic E-state index is -0.180. The predicted molar refractivity (Wildman–Crippen MR) is 83.9 cm³/mol. The van der Waals surface area contributed by atoms with Gasteiger partial charge >= 0.3 is 0 Å². The SMILES string of the molecule is COc1ccc(Br)c(NC(C)c2ccc(C)c(F)c2)c1. The normalized spacial score (nSPS) is 12.1. The van der Waals surface area contributed by atoms with Gasteiger partial charge in [0.2, 0.25) is 0 Å². The van der Waals surface area contributed by atoms with Gasteiger partial charge in [-0.3, -0.25) is 0 Å². The summed E-state index contributed by atoms with van der Waals surface area (Å²) in [5.41, 5.74) is 2.48. The quantitative estimate of drug-likeness (QED) is 0.840. The third-order valence-corrected chi connectivity index (χ3v) is 3.93. The summed E-state index contributed by atoms with van der Waals surface area (Å²) in [5, 5.41) is 3.35. The summed E-state index contributed by atoms with van der Waals surface area (Å²) < 4.78 is 19.8. The van der Waals surface area contributed by atoms with Gasteiger partial charge in [0.25, 0.3) is 0 Å². The molecule has 20 heavy (non-hydrogen) atoms. The molecule has 106 valence electrons. The highest BCUT2D eigenvalue weighted by Gasteiger charge is 2.10. The van der Waals surface area contributed by atoms with Crippen molar-refractivity contribution < 1.29 is 9.13 Å². The lowest BCUT2D eigenvalue weighted by Gasteiger charge is -2.18. The zero-order valence-corrected chi connectivity index (χ0v) is 13.3. The van der Waals surface area contributed by atoms with Gasteiger partial charge in [-0.05, 0) is 59.1 Å². The number of benzene rings is 2. The van der Waals surface area contributed by atoms with Crippen LogP contribution in [0.4, 0.5) is 10.1 Å². The first kappa shape index (κ1) is 14.9. The topological polar surface area (TPSA) is 21.3 Å². The third kappa shape index (κ3) is 3.31. The fraction of sp³-hybridized carbons (Fsp3) is 0.250. The summed E-state index contributed by atoms with van der Waals surface area (Å²) in [6.45, 7) is 3.76. The van der Waals surface area contributed by atoms with E-state index in [1.54, 1.807) is 26.2 Å². The number of hydrogen-bond acceptors (Lipinski definition) is 2. The van der Waals surface area contributed by atoms with Crippen molar-refractivity contribution in [3.8, 4) is 5.75 Å². The Morgan fingerprint density at radius 3 is 2.60 bits per heavy atom. The van der Waals surface area contributed by atoms with Gasteiger partial charge in [0.1, 0.15) is 11.6 Å². The van der Waals surface area contributed by atoms with E-state index in [1.165, 1.54) is 0 Å². The molecule has 0 aliphatic rings. The van der Waals surface area contributed by atoms with Crippen LogP contribution >= 0.6 is 15.9 Å². The van der Waals surface area contributed by atoms with Crippen LogP contribution in [0.2, 0.25) is 0 Å². The van der Waals surface area contributed by atoms with Crippen molar-refractivity contribution in [1.82, 2.24) is 0 Å². The van der Waals surface area contributed by atoms with Crippen molar-refractivity contribution in [3.63, 3.8) is 0 Å². The number of anilines is 1. The molecule has 0 fully saturated rings. The molecule has 0 bridgehead atoms. The van der Waals surface area contributed by atoms with Gasteiger partial charge in [-0.15, -0.1) is 0 Å². The molecule has 2 nitrogen and oxygen atoms in total. The van der Waals surface area contributed by atoms with Crippen LogP contribution in [0.3, 0.4) is 0 Å². The molecule has 0 amide bonds. The van der Waals surface area contributed by atoms with Crippen LogP contribution < -0.4 is 10.1 Å². The van der Waals surface area contributed by atoms with E-state index >= 15 is 0 Å². The van der Waals surface area contributed by atoms with Gasteiger partial charge in [0, 0.05) is 16.6 Å². The van der Waals surface area contributed by atoms with Gasteiger partial charge in [-0.25, -0.2) is 4.39 Å². The highest BCUT2D eigenvalue weighted by Crippen LogP contribution is 2.30. The lowest BCUT2D eigenvalue weighted by atomic mass is 10.1. The van der Waals surface area contributed by atoms with Crippen LogP contribution in [0.25, 0.3) is 0 Å². The standard InChI is InChI=1S/C16H17BrFNO/c1-10-4-5-12(8-15(10)18)11(2)19-16-9-13(20-3)6-7-14(16)17/h4-9,11,19H,1-3H3. The van der Waals surface area contributed by atoms with Crippen molar-refractivity contribution >= 4 is 21.6 Å². The highest BCUT2D eigenvalue weighted by molar-refractivity contribution is 9.10. The molecule has 1 atom stereocenters. The zero-order valence-electron chi connectivity index (χ0n) is 11.7. The Kier molecular flexibility index (Phi) is 4.65. The molecule has 2 rings (SSSR count). The van der Waals surface area contributed by atoms with E-state index in [2.05, 4.69) is 21.2 Å². The second-order valence-electron chi connectivity index (χ2n) is 4.72. The van der Waals surface area contributed by atoms with Crippen LogP contribution in [0.5, 0.6) is 5.75 Å². The van der Waals surface area contributed by atoms with Gasteiger partial charge in [-0.2, -0.15) is 0 Å². The van der Waals surface area contributed by atoms with Crippen molar-refractivity contribution in [1.29, 1.82) is 0 Å². The first-order valence-corrected chi connectivity index (χ1v) is 7.16. The van der Waals surface area contributed by atoms with E-state index in [-0.39, 0.29) is 11.9 Å². The number of methoxy groups -OCH3 is 1. The summed E-state index contributed by atoms with van der Waals surface area (Å²) in [5.74, 6) is 0.596. The molecule has 0 aliphatic heterocycles. The van der Waals surface area contributed by atoms with Gasteiger partial charge in [0.15, 0.2) is 0 Å². The Morgan fingerprint density at radius 1 is 1.20 bits per heavy atom. The molecule has 0 aliphatic carbocycles. The van der Waals surface area contributed by atoms with Crippen LogP contribution in [0.15, 0.2) is 40.9 Å². The Morgan fingerprint density at radius 2 is 1.95 bits per heavy atom. The lowest BCUT2D eigenvalue weighted by Crippen LogP contribution is -2.07. The minimum absolute atomic E-state index is 0.00601. The minimum Gasteiger partial charge on any atom is -0.497 e. The smallest absolute Gasteiger partial charge is 0.126 e. The second-order valence-corrected chi connectivity index (χ2v) is 5.57. The fourth-order valence-corrected chi connectivity index (χ4v) is 2.30. The summed E-state index contributed by atoms with van der Waals surface area (Å²) in [7, 11) is 1.63. The van der Waals surface area contributed by atoms with E-state index < -0.39 is 0 Å². The molecule has 0 saturated carbocycles. The maximum absolute atomic E-state index is 13.6. The number of ether oxygens (including phenoxy) is 1. The molecular weight excluding hydrogens is 321 g/mol. The summed E-state index contributed by atoms with van der Waals surface area (Å²) in [6.07, 6.45) is 0. The monoisotopic (exact) mass is 337 g/mol. The summed E-state index contributed by atoms with van der Waals surface area (Å²) in [4.78, 5) is 0. The summed E-state index contributed by atoms with van der Waals surface area (Å²) >= 11 is 3.49.